The maximum atomic E-state index is 12.1. The summed E-state index contributed by atoms with van der Waals surface area (Å²) in [6.45, 7) is 0.171. The zero-order valence-corrected chi connectivity index (χ0v) is 9.67. The monoisotopic (exact) mass is 277 g/mol. The van der Waals surface area contributed by atoms with Crippen LogP contribution in [0.15, 0.2) is 28.7 Å². The van der Waals surface area contributed by atoms with Crippen LogP contribution in [0.1, 0.15) is 5.56 Å². The molecule has 0 aromatic heterocycles. The van der Waals surface area contributed by atoms with Crippen molar-refractivity contribution in [3.05, 3.63) is 34.3 Å². The van der Waals surface area contributed by atoms with Gasteiger partial charge in [-0.25, -0.2) is 0 Å². The van der Waals surface area contributed by atoms with Gasteiger partial charge >= 0.3 is 6.43 Å². The maximum Gasteiger partial charge on any atom is 0.315 e. The molecule has 0 fully saturated rings. The third-order valence-electron chi connectivity index (χ3n) is 1.93. The SMILES string of the molecule is CN(Cc1ccccc1Br)C(=O)C(F)F. The Morgan fingerprint density at radius 2 is 2.07 bits per heavy atom. The van der Waals surface area contributed by atoms with Crippen molar-refractivity contribution in [2.75, 3.05) is 7.05 Å². The summed E-state index contributed by atoms with van der Waals surface area (Å²) in [5.74, 6) is -1.16. The Morgan fingerprint density at radius 3 is 2.60 bits per heavy atom. The molecule has 0 radical (unpaired) electrons. The van der Waals surface area contributed by atoms with Crippen molar-refractivity contribution in [2.45, 2.75) is 13.0 Å². The van der Waals surface area contributed by atoms with Crippen LogP contribution in [0.2, 0.25) is 0 Å². The van der Waals surface area contributed by atoms with Gasteiger partial charge in [0.05, 0.1) is 0 Å². The van der Waals surface area contributed by atoms with Gasteiger partial charge in [0.1, 0.15) is 0 Å². The molecular formula is C10H10BrF2NO. The van der Waals surface area contributed by atoms with Crippen LogP contribution in [0.3, 0.4) is 0 Å². The molecule has 1 aromatic rings. The molecule has 0 aliphatic carbocycles. The molecule has 82 valence electrons. The molecule has 0 atom stereocenters. The highest BCUT2D eigenvalue weighted by Gasteiger charge is 2.20. The Kier molecular flexibility index (Phi) is 4.20. The number of carbonyl (C=O) groups excluding carboxylic acids is 1. The maximum absolute atomic E-state index is 12.1. The Hall–Kier alpha value is -0.970. The second-order valence-corrected chi connectivity index (χ2v) is 3.94. The van der Waals surface area contributed by atoms with Gasteiger partial charge in [-0.3, -0.25) is 4.79 Å². The highest BCUT2D eigenvalue weighted by atomic mass is 79.9. The van der Waals surface area contributed by atoms with E-state index in [0.717, 1.165) is 14.9 Å². The fraction of sp³-hybridized carbons (Fsp3) is 0.300. The number of rotatable bonds is 3. The first-order valence-electron chi connectivity index (χ1n) is 4.29. The van der Waals surface area contributed by atoms with Crippen molar-refractivity contribution in [1.82, 2.24) is 4.90 Å². The molecule has 0 spiro atoms. The summed E-state index contributed by atoms with van der Waals surface area (Å²) in [7, 11) is 1.36. The Bertz CT molecular complexity index is 357. The van der Waals surface area contributed by atoms with E-state index in [1.54, 1.807) is 18.2 Å². The molecule has 0 saturated heterocycles. The second-order valence-electron chi connectivity index (χ2n) is 3.09. The van der Waals surface area contributed by atoms with Crippen molar-refractivity contribution in [3.8, 4) is 0 Å². The third kappa shape index (κ3) is 3.27. The van der Waals surface area contributed by atoms with Crippen LogP contribution in [-0.2, 0) is 11.3 Å². The van der Waals surface area contributed by atoms with Crippen LogP contribution in [-0.4, -0.2) is 24.3 Å². The molecule has 2 nitrogen and oxygen atoms in total. The lowest BCUT2D eigenvalue weighted by Crippen LogP contribution is -2.31. The lowest BCUT2D eigenvalue weighted by atomic mass is 10.2. The van der Waals surface area contributed by atoms with Gasteiger partial charge in [-0.2, -0.15) is 8.78 Å². The van der Waals surface area contributed by atoms with Crippen LogP contribution in [0.5, 0.6) is 0 Å². The molecule has 0 unspecified atom stereocenters. The summed E-state index contributed by atoms with van der Waals surface area (Å²) >= 11 is 3.29. The molecule has 1 rings (SSSR count). The van der Waals surface area contributed by atoms with Crippen molar-refractivity contribution in [1.29, 1.82) is 0 Å². The van der Waals surface area contributed by atoms with Crippen molar-refractivity contribution in [3.63, 3.8) is 0 Å². The summed E-state index contributed by atoms with van der Waals surface area (Å²) in [6.07, 6.45) is -2.95. The molecule has 0 heterocycles. The first-order valence-corrected chi connectivity index (χ1v) is 5.08. The normalized spacial score (nSPS) is 10.5. The van der Waals surface area contributed by atoms with Gasteiger partial charge in [0, 0.05) is 18.1 Å². The van der Waals surface area contributed by atoms with Crippen LogP contribution >= 0.6 is 15.9 Å². The predicted molar refractivity (Wildman–Crippen MR) is 56.6 cm³/mol. The standard InChI is InChI=1S/C10H10BrF2NO/c1-14(10(15)9(12)13)6-7-4-2-3-5-8(7)11/h2-5,9H,6H2,1H3. The minimum atomic E-state index is -2.95. The van der Waals surface area contributed by atoms with Crippen molar-refractivity contribution >= 4 is 21.8 Å². The summed E-state index contributed by atoms with van der Waals surface area (Å²) in [6, 6.07) is 7.19. The van der Waals surface area contributed by atoms with Crippen LogP contribution in [0, 0.1) is 0 Å². The Labute approximate surface area is 95.0 Å². The first kappa shape index (κ1) is 12.1. The van der Waals surface area contributed by atoms with Gasteiger partial charge in [-0.05, 0) is 11.6 Å². The summed E-state index contributed by atoms with van der Waals surface area (Å²) in [5, 5.41) is 0. The first-order chi connectivity index (χ1) is 7.02. The van der Waals surface area contributed by atoms with E-state index in [0.29, 0.717) is 0 Å². The molecule has 0 aliphatic heterocycles. The van der Waals surface area contributed by atoms with E-state index in [9.17, 15) is 13.6 Å². The Morgan fingerprint density at radius 1 is 1.47 bits per heavy atom. The highest BCUT2D eigenvalue weighted by molar-refractivity contribution is 9.10. The molecule has 0 N–H and O–H groups in total. The highest BCUT2D eigenvalue weighted by Crippen LogP contribution is 2.17. The van der Waals surface area contributed by atoms with E-state index in [-0.39, 0.29) is 6.54 Å². The van der Waals surface area contributed by atoms with Gasteiger partial charge < -0.3 is 4.90 Å². The van der Waals surface area contributed by atoms with Gasteiger partial charge in [0.25, 0.3) is 5.91 Å². The zero-order valence-electron chi connectivity index (χ0n) is 8.08. The minimum Gasteiger partial charge on any atom is -0.336 e. The van der Waals surface area contributed by atoms with Gasteiger partial charge in [-0.1, -0.05) is 34.1 Å². The molecule has 1 aromatic carbocycles. The van der Waals surface area contributed by atoms with E-state index in [1.807, 2.05) is 6.07 Å². The predicted octanol–water partition coefficient (Wildman–Crippen LogP) is 2.67. The molecular weight excluding hydrogens is 268 g/mol. The van der Waals surface area contributed by atoms with E-state index < -0.39 is 12.3 Å². The number of nitrogens with zero attached hydrogens (tertiary/aromatic N) is 1. The molecule has 0 bridgehead atoms. The third-order valence-corrected chi connectivity index (χ3v) is 2.70. The van der Waals surface area contributed by atoms with E-state index in [4.69, 9.17) is 0 Å². The fourth-order valence-corrected chi connectivity index (χ4v) is 1.54. The Balaban J connectivity index is 2.71. The summed E-state index contributed by atoms with van der Waals surface area (Å²) in [5.41, 5.74) is 0.800. The minimum absolute atomic E-state index is 0.171. The summed E-state index contributed by atoms with van der Waals surface area (Å²) in [4.78, 5) is 11.9. The smallest absolute Gasteiger partial charge is 0.315 e. The molecule has 15 heavy (non-hydrogen) atoms. The van der Waals surface area contributed by atoms with E-state index in [1.165, 1.54) is 7.05 Å². The van der Waals surface area contributed by atoms with E-state index in [2.05, 4.69) is 15.9 Å². The number of amides is 1. The lowest BCUT2D eigenvalue weighted by Gasteiger charge is -2.17. The summed E-state index contributed by atoms with van der Waals surface area (Å²) < 4.78 is 25.0. The molecule has 5 heteroatoms. The molecule has 1 amide bonds. The fourth-order valence-electron chi connectivity index (χ4n) is 1.13. The van der Waals surface area contributed by atoms with Crippen molar-refractivity contribution < 1.29 is 13.6 Å². The number of hydrogen-bond donors (Lipinski definition) is 0. The average Bonchev–Trinajstić information content (AvgIpc) is 2.20. The van der Waals surface area contributed by atoms with Gasteiger partial charge in [-0.15, -0.1) is 0 Å². The number of halogens is 3. The number of alkyl halides is 2. The second kappa shape index (κ2) is 5.21. The number of carbonyl (C=O) groups is 1. The van der Waals surface area contributed by atoms with Gasteiger partial charge in [0.2, 0.25) is 0 Å². The largest absolute Gasteiger partial charge is 0.336 e. The van der Waals surface area contributed by atoms with Crippen LogP contribution in [0.25, 0.3) is 0 Å². The molecule has 0 aliphatic rings. The number of hydrogen-bond acceptors (Lipinski definition) is 1. The van der Waals surface area contributed by atoms with Crippen LogP contribution < -0.4 is 0 Å². The average molecular weight is 278 g/mol. The number of benzene rings is 1. The van der Waals surface area contributed by atoms with E-state index >= 15 is 0 Å². The zero-order chi connectivity index (χ0) is 11.4. The van der Waals surface area contributed by atoms with Crippen LogP contribution in [0.4, 0.5) is 8.78 Å². The quantitative estimate of drug-likeness (QED) is 0.832. The topological polar surface area (TPSA) is 20.3 Å². The molecule has 0 saturated carbocycles. The lowest BCUT2D eigenvalue weighted by molar-refractivity contribution is -0.141. The van der Waals surface area contributed by atoms with Gasteiger partial charge in [0.15, 0.2) is 0 Å². The van der Waals surface area contributed by atoms with Crippen molar-refractivity contribution in [2.24, 2.45) is 0 Å².